The Morgan fingerprint density at radius 2 is 1.83 bits per heavy atom. The highest BCUT2D eigenvalue weighted by atomic mass is 28.4. The number of hydrogen-bond acceptors (Lipinski definition) is 2. The monoisotopic (exact) mass is 272 g/mol. The van der Waals surface area contributed by atoms with Gasteiger partial charge in [0.25, 0.3) is 0 Å². The van der Waals surface area contributed by atoms with Gasteiger partial charge in [0.15, 0.2) is 0 Å². The van der Waals surface area contributed by atoms with Crippen LogP contribution in [0.3, 0.4) is 0 Å². The smallest absolute Gasteiger partial charge is 0.361 e. The average molecular weight is 273 g/mol. The summed E-state index contributed by atoms with van der Waals surface area (Å²) in [6.07, 6.45) is 6.24. The minimum Gasteiger partial charge on any atom is -0.391 e. The normalized spacial score (nSPS) is 16.6. The molecule has 2 unspecified atom stereocenters. The van der Waals surface area contributed by atoms with Crippen molar-refractivity contribution < 1.29 is 8.85 Å². The van der Waals surface area contributed by atoms with Gasteiger partial charge in [-0.3, -0.25) is 0 Å². The lowest BCUT2D eigenvalue weighted by Gasteiger charge is -2.30. The maximum Gasteiger partial charge on any atom is 0.361 e. The molecule has 0 aromatic carbocycles. The van der Waals surface area contributed by atoms with Crippen LogP contribution in [-0.2, 0) is 8.85 Å². The first kappa shape index (κ1) is 17.9. The van der Waals surface area contributed by atoms with Gasteiger partial charge in [-0.1, -0.05) is 47.0 Å². The summed E-state index contributed by atoms with van der Waals surface area (Å²) in [5, 5.41) is 0. The average Bonchev–Trinajstić information content (AvgIpc) is 2.34. The van der Waals surface area contributed by atoms with Crippen LogP contribution in [0, 0.1) is 5.92 Å². The first-order valence-corrected chi connectivity index (χ1v) is 9.82. The zero-order chi connectivity index (χ0) is 14.0. The van der Waals surface area contributed by atoms with E-state index in [0.717, 1.165) is 19.4 Å². The quantitative estimate of drug-likeness (QED) is 0.501. The molecule has 0 radical (unpaired) electrons. The lowest BCUT2D eigenvalue weighted by molar-refractivity contribution is 0.102. The fourth-order valence-electron chi connectivity index (χ4n) is 1.82. The van der Waals surface area contributed by atoms with Crippen LogP contribution in [0.2, 0.25) is 6.55 Å². The fraction of sp³-hybridized carbons (Fsp3) is 0.867. The molecule has 0 aliphatic carbocycles. The number of unbranched alkanes of at least 4 members (excludes halogenated alkanes) is 1. The Kier molecular flexibility index (Phi) is 9.69. The van der Waals surface area contributed by atoms with Gasteiger partial charge in [-0.05, 0) is 31.0 Å². The van der Waals surface area contributed by atoms with Crippen LogP contribution in [0.25, 0.3) is 0 Å². The first-order chi connectivity index (χ1) is 8.47. The molecule has 0 saturated carbocycles. The standard InChI is InChI=1S/C15H32O2Si/c1-7-10-12-15(11-8-2)17-18(6,9-3)16-13-14(4)5/h9,14-15H,3,7-8,10-13H2,1-2,4-6H3. The highest BCUT2D eigenvalue weighted by Crippen LogP contribution is 2.19. The van der Waals surface area contributed by atoms with Crippen molar-refractivity contribution in [1.82, 2.24) is 0 Å². The van der Waals surface area contributed by atoms with E-state index in [1.54, 1.807) is 0 Å². The molecule has 0 aliphatic heterocycles. The Labute approximate surface area is 115 Å². The van der Waals surface area contributed by atoms with Crippen molar-refractivity contribution in [3.05, 3.63) is 12.3 Å². The molecule has 0 heterocycles. The van der Waals surface area contributed by atoms with Crippen molar-refractivity contribution in [3.63, 3.8) is 0 Å². The highest BCUT2D eigenvalue weighted by Gasteiger charge is 2.31. The minimum atomic E-state index is -2.17. The Balaban J connectivity index is 4.36. The van der Waals surface area contributed by atoms with E-state index in [4.69, 9.17) is 8.85 Å². The second kappa shape index (κ2) is 9.76. The zero-order valence-corrected chi connectivity index (χ0v) is 14.0. The maximum atomic E-state index is 6.28. The summed E-state index contributed by atoms with van der Waals surface area (Å²) in [4.78, 5) is 0. The fourth-order valence-corrected chi connectivity index (χ4v) is 3.66. The van der Waals surface area contributed by atoms with Crippen LogP contribution in [0.1, 0.15) is 59.8 Å². The van der Waals surface area contributed by atoms with E-state index in [-0.39, 0.29) is 0 Å². The minimum absolute atomic E-state index is 0.344. The molecule has 0 aliphatic rings. The molecule has 2 nitrogen and oxygen atoms in total. The SMILES string of the molecule is C=C[Si](C)(OCC(C)C)OC(CCC)CCCC. The van der Waals surface area contributed by atoms with E-state index >= 15 is 0 Å². The molecular formula is C15H32O2Si. The van der Waals surface area contributed by atoms with E-state index in [9.17, 15) is 0 Å². The molecule has 0 bridgehead atoms. The van der Waals surface area contributed by atoms with Crippen LogP contribution >= 0.6 is 0 Å². The lowest BCUT2D eigenvalue weighted by Crippen LogP contribution is -2.41. The first-order valence-electron chi connectivity index (χ1n) is 7.42. The second-order valence-corrected chi connectivity index (χ2v) is 8.56. The summed E-state index contributed by atoms with van der Waals surface area (Å²) in [5.74, 6) is 0.542. The van der Waals surface area contributed by atoms with Gasteiger partial charge in [0.2, 0.25) is 0 Å². The predicted molar refractivity (Wildman–Crippen MR) is 81.9 cm³/mol. The number of rotatable bonds is 11. The third kappa shape index (κ3) is 8.06. The van der Waals surface area contributed by atoms with Crippen molar-refractivity contribution in [2.24, 2.45) is 5.92 Å². The van der Waals surface area contributed by atoms with Crippen LogP contribution < -0.4 is 0 Å². The van der Waals surface area contributed by atoms with Gasteiger partial charge >= 0.3 is 8.56 Å². The maximum absolute atomic E-state index is 6.28. The van der Waals surface area contributed by atoms with Crippen LogP contribution in [0.4, 0.5) is 0 Å². The molecule has 0 spiro atoms. The van der Waals surface area contributed by atoms with Gasteiger partial charge in [0.1, 0.15) is 0 Å². The molecule has 0 amide bonds. The molecule has 0 fully saturated rings. The van der Waals surface area contributed by atoms with E-state index in [1.807, 2.05) is 5.70 Å². The molecule has 18 heavy (non-hydrogen) atoms. The third-order valence-corrected chi connectivity index (χ3v) is 5.25. The van der Waals surface area contributed by atoms with E-state index in [2.05, 4.69) is 40.8 Å². The van der Waals surface area contributed by atoms with Gasteiger partial charge < -0.3 is 8.85 Å². The van der Waals surface area contributed by atoms with Crippen molar-refractivity contribution in [1.29, 1.82) is 0 Å². The molecule has 108 valence electrons. The van der Waals surface area contributed by atoms with Crippen LogP contribution in [0.15, 0.2) is 12.3 Å². The van der Waals surface area contributed by atoms with E-state index in [1.165, 1.54) is 19.3 Å². The molecular weight excluding hydrogens is 240 g/mol. The number of hydrogen-bond donors (Lipinski definition) is 0. The summed E-state index contributed by atoms with van der Waals surface area (Å²) >= 11 is 0. The Hall–Kier alpha value is -0.123. The highest BCUT2D eigenvalue weighted by molar-refractivity contribution is 6.71. The Morgan fingerprint density at radius 1 is 1.17 bits per heavy atom. The molecule has 0 N–H and O–H groups in total. The van der Waals surface area contributed by atoms with Gasteiger partial charge in [-0.25, -0.2) is 0 Å². The van der Waals surface area contributed by atoms with E-state index < -0.39 is 8.56 Å². The van der Waals surface area contributed by atoms with Crippen molar-refractivity contribution >= 4 is 8.56 Å². The molecule has 0 aromatic heterocycles. The third-order valence-electron chi connectivity index (χ3n) is 2.97. The van der Waals surface area contributed by atoms with Crippen molar-refractivity contribution in [3.8, 4) is 0 Å². The van der Waals surface area contributed by atoms with Crippen LogP contribution in [0.5, 0.6) is 0 Å². The van der Waals surface area contributed by atoms with Crippen molar-refractivity contribution in [2.75, 3.05) is 6.61 Å². The molecule has 2 atom stereocenters. The molecule has 0 aromatic rings. The molecule has 0 saturated heterocycles. The summed E-state index contributed by atoms with van der Waals surface area (Å²) < 4.78 is 12.3. The Bertz CT molecular complexity index is 219. The van der Waals surface area contributed by atoms with Gasteiger partial charge in [-0.2, -0.15) is 0 Å². The molecule has 0 rings (SSSR count). The van der Waals surface area contributed by atoms with Crippen molar-refractivity contribution in [2.45, 2.75) is 72.5 Å². The lowest BCUT2D eigenvalue weighted by atomic mass is 10.1. The molecule has 3 heteroatoms. The van der Waals surface area contributed by atoms with Gasteiger partial charge in [-0.15, -0.1) is 6.58 Å². The summed E-state index contributed by atoms with van der Waals surface area (Å²) in [6.45, 7) is 15.6. The largest absolute Gasteiger partial charge is 0.391 e. The second-order valence-electron chi connectivity index (χ2n) is 5.60. The Morgan fingerprint density at radius 3 is 2.28 bits per heavy atom. The summed E-state index contributed by atoms with van der Waals surface area (Å²) in [6, 6.07) is 0. The predicted octanol–water partition coefficient (Wildman–Crippen LogP) is 4.83. The summed E-state index contributed by atoms with van der Waals surface area (Å²) in [7, 11) is -2.17. The summed E-state index contributed by atoms with van der Waals surface area (Å²) in [5.41, 5.74) is 1.92. The van der Waals surface area contributed by atoms with E-state index in [0.29, 0.717) is 12.0 Å². The van der Waals surface area contributed by atoms with Crippen LogP contribution in [-0.4, -0.2) is 21.3 Å². The topological polar surface area (TPSA) is 18.5 Å². The van der Waals surface area contributed by atoms with Gasteiger partial charge in [0.05, 0.1) is 0 Å². The van der Waals surface area contributed by atoms with Gasteiger partial charge in [0, 0.05) is 12.7 Å². The zero-order valence-electron chi connectivity index (χ0n) is 13.0.